The van der Waals surface area contributed by atoms with Gasteiger partial charge >= 0.3 is 51.2 Å². The van der Waals surface area contributed by atoms with Gasteiger partial charge in [0.05, 0.1) is 11.8 Å². The van der Waals surface area contributed by atoms with E-state index in [9.17, 15) is 47.6 Å². The Morgan fingerprint density at radius 3 is 0.970 bits per heavy atom. The van der Waals surface area contributed by atoms with E-state index in [1.165, 1.54) is 48.5 Å². The summed E-state index contributed by atoms with van der Waals surface area (Å²) in [5, 5.41) is 0. The minimum Gasteiger partial charge on any atom is -0.810 e. The number of hydrogen-bond donors (Lipinski definition) is 0. The van der Waals surface area contributed by atoms with Crippen LogP contribution in [0.1, 0.15) is 0 Å². The van der Waals surface area contributed by atoms with Crippen LogP contribution in [0.2, 0.25) is 0 Å². The molecule has 0 spiro atoms. The van der Waals surface area contributed by atoms with Crippen LogP contribution in [-0.2, 0) is 69.5 Å². The van der Waals surface area contributed by atoms with E-state index in [0.29, 0.717) is 0 Å². The van der Waals surface area contributed by atoms with Crippen molar-refractivity contribution in [1.82, 2.24) is 0 Å². The Bertz CT molecular complexity index is 918. The van der Waals surface area contributed by atoms with Gasteiger partial charge in [0.1, 0.15) is 11.5 Å². The van der Waals surface area contributed by atoms with Crippen LogP contribution in [0.25, 0.3) is 0 Å². The number of hydrogen-bond acceptors (Lipinski definition) is 12. The fourth-order valence-electron chi connectivity index (χ4n) is 1.77. The predicted octanol–water partition coefficient (Wildman–Crippen LogP) is -1.03. The van der Waals surface area contributed by atoms with Crippen LogP contribution >= 0.6 is 30.4 Å². The Kier molecular flexibility index (Phi) is 18.5. The maximum Gasteiger partial charge on any atom is 2.00 e. The van der Waals surface area contributed by atoms with Crippen LogP contribution in [0.4, 0.5) is 0 Å². The predicted molar refractivity (Wildman–Crippen MR) is 94.3 cm³/mol. The van der Waals surface area contributed by atoms with Gasteiger partial charge in [-0.25, -0.2) is 0 Å². The summed E-state index contributed by atoms with van der Waals surface area (Å²) >= 11 is 0. The van der Waals surface area contributed by atoms with Crippen LogP contribution in [0.15, 0.2) is 60.7 Å². The maximum absolute atomic E-state index is 11.0. The van der Waals surface area contributed by atoms with Gasteiger partial charge in [-0.1, -0.05) is 51.6 Å². The van der Waals surface area contributed by atoms with Crippen LogP contribution in [0.3, 0.4) is 0 Å². The third-order valence-electron chi connectivity index (χ3n) is 2.67. The average Bonchev–Trinajstić information content (AvgIpc) is 2.51. The first-order valence-corrected chi connectivity index (χ1v) is 14.6. The zero-order valence-electron chi connectivity index (χ0n) is 15.9. The van der Waals surface area contributed by atoms with Crippen LogP contribution in [0, 0.1) is 0 Å². The van der Waals surface area contributed by atoms with Gasteiger partial charge in [-0.05, 0) is 24.3 Å². The van der Waals surface area contributed by atoms with Crippen molar-refractivity contribution in [2.24, 2.45) is 0 Å². The van der Waals surface area contributed by atoms with Crippen LogP contribution < -0.4 is 38.4 Å². The minimum atomic E-state index is -5.12. The van der Waals surface area contributed by atoms with Gasteiger partial charge in [0.15, 0.2) is 15.2 Å². The Balaban J connectivity index is -0.000000500. The Morgan fingerprint density at radius 2 is 0.758 bits per heavy atom. The smallest absolute Gasteiger partial charge is 0.810 e. The third kappa shape index (κ3) is 20.2. The fraction of sp³-hybridized carbons (Fsp3) is 0.143. The topological polar surface area (TPSA) is 225 Å². The second-order valence-electron chi connectivity index (χ2n) is 5.54. The van der Waals surface area contributed by atoms with E-state index in [-0.39, 0.29) is 62.7 Å². The van der Waals surface area contributed by atoms with Crippen molar-refractivity contribution in [2.75, 3.05) is 11.8 Å². The molecule has 2 unspecified atom stereocenters. The van der Waals surface area contributed by atoms with Crippen LogP contribution in [-0.4, -0.2) is 11.8 Å². The standard InChI is InChI=1S/2C7H10O6P2.3Fe/c2*8-14(9,10)6-15(11,12)13-7-4-2-1-3-5-7;;;/h2*1-5H,6H2,(H,11,12)(H2,8,9,10);;;/q;;3*+2/p-6. The van der Waals surface area contributed by atoms with E-state index < -0.39 is 42.2 Å². The summed E-state index contributed by atoms with van der Waals surface area (Å²) in [6.45, 7) is 0. The molecule has 0 N–H and O–H groups in total. The summed E-state index contributed by atoms with van der Waals surface area (Å²) in [5.74, 6) is -3.09. The zero-order valence-corrected chi connectivity index (χ0v) is 22.8. The molecule has 33 heavy (non-hydrogen) atoms. The molecule has 0 amide bonds. The Labute approximate surface area is 221 Å². The first-order chi connectivity index (χ1) is 13.6. The maximum atomic E-state index is 11.0. The summed E-state index contributed by atoms with van der Waals surface area (Å²) in [5.41, 5.74) is 0. The summed E-state index contributed by atoms with van der Waals surface area (Å²) in [6, 6.07) is 14.7. The molecular formula is C14H14Fe3O12P4. The molecular weight excluding hydrogens is 652 g/mol. The van der Waals surface area contributed by atoms with Gasteiger partial charge in [0.2, 0.25) is 0 Å². The van der Waals surface area contributed by atoms with Crippen LogP contribution in [0.5, 0.6) is 11.5 Å². The van der Waals surface area contributed by atoms with E-state index in [2.05, 4.69) is 9.05 Å². The molecule has 0 fully saturated rings. The molecule has 0 radical (unpaired) electrons. The number of para-hydroxylation sites is 2. The second kappa shape index (κ2) is 16.1. The Hall–Kier alpha value is 0.278. The quantitative estimate of drug-likeness (QED) is 0.244. The summed E-state index contributed by atoms with van der Waals surface area (Å²) < 4.78 is 51.4. The minimum absolute atomic E-state index is 0. The van der Waals surface area contributed by atoms with Crippen molar-refractivity contribution in [3.8, 4) is 11.5 Å². The van der Waals surface area contributed by atoms with Gasteiger partial charge < -0.3 is 47.5 Å². The first-order valence-electron chi connectivity index (χ1n) is 7.69. The average molecular weight is 666 g/mol. The van der Waals surface area contributed by atoms with E-state index in [1.807, 2.05) is 0 Å². The molecule has 0 bridgehead atoms. The number of rotatable bonds is 8. The van der Waals surface area contributed by atoms with E-state index in [1.54, 1.807) is 12.1 Å². The summed E-state index contributed by atoms with van der Waals surface area (Å²) in [6.07, 6.45) is 0. The van der Waals surface area contributed by atoms with E-state index in [4.69, 9.17) is 0 Å². The molecule has 0 aromatic heterocycles. The molecule has 2 aromatic rings. The fourth-order valence-corrected chi connectivity index (χ4v) is 6.51. The van der Waals surface area contributed by atoms with Crippen molar-refractivity contribution in [3.63, 3.8) is 0 Å². The van der Waals surface area contributed by atoms with Gasteiger partial charge in [-0.15, -0.1) is 0 Å². The van der Waals surface area contributed by atoms with Gasteiger partial charge in [-0.3, -0.25) is 9.13 Å². The molecule has 19 heteroatoms. The Morgan fingerprint density at radius 1 is 0.515 bits per heavy atom. The molecule has 0 aliphatic carbocycles. The molecule has 0 heterocycles. The molecule has 0 saturated carbocycles. The monoisotopic (exact) mass is 666 g/mol. The van der Waals surface area contributed by atoms with Gasteiger partial charge in [-0.2, -0.15) is 0 Å². The van der Waals surface area contributed by atoms with Crippen molar-refractivity contribution < 1.29 is 108 Å². The molecule has 0 aliphatic rings. The SMILES string of the molecule is O=P([O-])([O-])CP(=O)([O-])Oc1ccccc1.O=P([O-])([O-])CP(=O)([O-])Oc1ccccc1.[Fe+2].[Fe+2].[Fe+2]. The van der Waals surface area contributed by atoms with Crippen molar-refractivity contribution in [1.29, 1.82) is 0 Å². The summed E-state index contributed by atoms with van der Waals surface area (Å²) in [7, 11) is -19.6. The van der Waals surface area contributed by atoms with Gasteiger partial charge in [0, 0.05) is 0 Å². The third-order valence-corrected chi connectivity index (χ3v) is 9.19. The largest absolute Gasteiger partial charge is 2.00 e. The summed E-state index contributed by atoms with van der Waals surface area (Å²) in [4.78, 5) is 63.1. The molecule has 2 rings (SSSR count). The van der Waals surface area contributed by atoms with Crippen molar-refractivity contribution in [3.05, 3.63) is 60.7 Å². The molecule has 12 nitrogen and oxygen atoms in total. The second-order valence-corrected chi connectivity index (χ2v) is 13.1. The van der Waals surface area contributed by atoms with Gasteiger partial charge in [0.25, 0.3) is 0 Å². The first kappa shape index (κ1) is 37.8. The molecule has 0 aliphatic heterocycles. The molecule has 2 aromatic carbocycles. The van der Waals surface area contributed by atoms with E-state index in [0.717, 1.165) is 0 Å². The zero-order chi connectivity index (χ0) is 23.1. The number of benzene rings is 2. The molecule has 0 saturated heterocycles. The molecule has 186 valence electrons. The van der Waals surface area contributed by atoms with Crippen molar-refractivity contribution >= 4 is 30.4 Å². The molecule has 2 atom stereocenters. The normalized spacial score (nSPS) is 14.2. The van der Waals surface area contributed by atoms with Crippen molar-refractivity contribution in [2.45, 2.75) is 0 Å². The van der Waals surface area contributed by atoms with E-state index >= 15 is 0 Å².